The highest BCUT2D eigenvalue weighted by Crippen LogP contribution is 2.38. The van der Waals surface area contributed by atoms with Crippen molar-refractivity contribution in [2.45, 2.75) is 32.2 Å². The molecule has 0 saturated heterocycles. The molecule has 0 bridgehead atoms. The van der Waals surface area contributed by atoms with Gasteiger partial charge in [-0.25, -0.2) is 4.39 Å². The summed E-state index contributed by atoms with van der Waals surface area (Å²) in [4.78, 5) is 23.2. The van der Waals surface area contributed by atoms with Crippen molar-refractivity contribution < 1.29 is 19.1 Å². The smallest absolute Gasteiger partial charge is 0.311 e. The lowest BCUT2D eigenvalue weighted by molar-refractivity contribution is -0.148. The summed E-state index contributed by atoms with van der Waals surface area (Å²) in [7, 11) is 0. The molecule has 4 nitrogen and oxygen atoms in total. The minimum Gasteiger partial charge on any atom is -0.481 e. The van der Waals surface area contributed by atoms with Crippen LogP contribution in [-0.2, 0) is 9.59 Å². The largest absolute Gasteiger partial charge is 0.481 e. The summed E-state index contributed by atoms with van der Waals surface area (Å²) in [6, 6.07) is 5.40. The third-order valence-electron chi connectivity index (χ3n) is 4.06. The van der Waals surface area contributed by atoms with Gasteiger partial charge in [0.05, 0.1) is 5.41 Å². The number of rotatable bonds is 4. The maximum atomic E-state index is 12.8. The van der Waals surface area contributed by atoms with Gasteiger partial charge in [0.15, 0.2) is 0 Å². The topological polar surface area (TPSA) is 66.4 Å². The molecule has 5 heteroatoms. The van der Waals surface area contributed by atoms with Crippen LogP contribution in [0.1, 0.15) is 31.7 Å². The second-order valence-electron chi connectivity index (χ2n) is 5.56. The van der Waals surface area contributed by atoms with Gasteiger partial charge in [0.25, 0.3) is 0 Å². The van der Waals surface area contributed by atoms with Crippen LogP contribution in [0.4, 0.5) is 4.39 Å². The quantitative estimate of drug-likeness (QED) is 0.838. The van der Waals surface area contributed by atoms with E-state index in [1.54, 1.807) is 25.1 Å². The fourth-order valence-corrected chi connectivity index (χ4v) is 2.62. The Morgan fingerprint density at radius 1 is 1.38 bits per heavy atom. The Kier molecular flexibility index (Phi) is 4.40. The zero-order chi connectivity index (χ0) is 15.5. The zero-order valence-corrected chi connectivity index (χ0v) is 11.8. The van der Waals surface area contributed by atoms with Crippen LogP contribution in [0.3, 0.4) is 0 Å². The van der Waals surface area contributed by atoms with Crippen molar-refractivity contribution in [3.8, 4) is 0 Å². The molecule has 0 aromatic heterocycles. The summed E-state index contributed by atoms with van der Waals surface area (Å²) in [6.07, 6.45) is 4.93. The van der Waals surface area contributed by atoms with Crippen LogP contribution in [0, 0.1) is 11.2 Å². The Morgan fingerprint density at radius 2 is 2.05 bits per heavy atom. The molecular weight excluding hydrogens is 273 g/mol. The first-order valence-corrected chi connectivity index (χ1v) is 6.89. The lowest BCUT2D eigenvalue weighted by atomic mass is 9.85. The summed E-state index contributed by atoms with van der Waals surface area (Å²) in [6.45, 7) is 1.66. The predicted octanol–water partition coefficient (Wildman–Crippen LogP) is 2.60. The maximum absolute atomic E-state index is 12.8. The molecule has 2 N–H and O–H groups in total. The zero-order valence-electron chi connectivity index (χ0n) is 11.8. The minimum absolute atomic E-state index is 0.334. The predicted molar refractivity (Wildman–Crippen MR) is 77.0 cm³/mol. The Morgan fingerprint density at radius 3 is 2.67 bits per heavy atom. The first kappa shape index (κ1) is 15.2. The molecule has 1 aliphatic carbocycles. The number of amides is 1. The van der Waals surface area contributed by atoms with Crippen molar-refractivity contribution in [2.75, 3.05) is 0 Å². The van der Waals surface area contributed by atoms with Crippen LogP contribution in [0.5, 0.6) is 0 Å². The number of aliphatic carboxylic acids is 1. The highest BCUT2D eigenvalue weighted by Gasteiger charge is 2.45. The summed E-state index contributed by atoms with van der Waals surface area (Å²) < 4.78 is 12.8. The highest BCUT2D eigenvalue weighted by atomic mass is 19.1. The first-order chi connectivity index (χ1) is 9.91. The Bertz CT molecular complexity index is 567. The van der Waals surface area contributed by atoms with E-state index in [4.69, 9.17) is 0 Å². The fraction of sp³-hybridized carbons (Fsp3) is 0.375. The molecule has 1 amide bonds. The molecule has 0 aliphatic heterocycles. The van der Waals surface area contributed by atoms with E-state index >= 15 is 0 Å². The third-order valence-corrected chi connectivity index (χ3v) is 4.06. The van der Waals surface area contributed by atoms with Crippen LogP contribution >= 0.6 is 0 Å². The molecule has 1 fully saturated rings. The van der Waals surface area contributed by atoms with Gasteiger partial charge < -0.3 is 10.4 Å². The molecule has 2 unspecified atom stereocenters. The van der Waals surface area contributed by atoms with Gasteiger partial charge in [0.1, 0.15) is 5.82 Å². The number of hydrogen-bond acceptors (Lipinski definition) is 2. The second kappa shape index (κ2) is 6.08. The Balaban J connectivity index is 1.98. The van der Waals surface area contributed by atoms with E-state index in [0.29, 0.717) is 18.4 Å². The SMILES string of the molecule is CC1(C(=O)O)CCCC1NC(=O)/C=C/c1ccc(F)cc1. The highest BCUT2D eigenvalue weighted by molar-refractivity contribution is 5.92. The average molecular weight is 291 g/mol. The van der Waals surface area contributed by atoms with Crippen molar-refractivity contribution in [1.82, 2.24) is 5.32 Å². The molecule has 0 radical (unpaired) electrons. The lowest BCUT2D eigenvalue weighted by Crippen LogP contribution is -2.46. The van der Waals surface area contributed by atoms with Gasteiger partial charge in [-0.15, -0.1) is 0 Å². The molecule has 0 heterocycles. The second-order valence-corrected chi connectivity index (χ2v) is 5.56. The van der Waals surface area contributed by atoms with Crippen LogP contribution in [-0.4, -0.2) is 23.0 Å². The van der Waals surface area contributed by atoms with E-state index < -0.39 is 11.4 Å². The maximum Gasteiger partial charge on any atom is 0.311 e. The number of carboxylic acids is 1. The van der Waals surface area contributed by atoms with E-state index in [2.05, 4.69) is 5.32 Å². The van der Waals surface area contributed by atoms with Gasteiger partial charge in [0, 0.05) is 12.1 Å². The Hall–Kier alpha value is -2.17. The number of carboxylic acid groups (broad SMARTS) is 1. The summed E-state index contributed by atoms with van der Waals surface area (Å²) in [5, 5.41) is 12.0. The molecule has 1 aromatic rings. The summed E-state index contributed by atoms with van der Waals surface area (Å²) >= 11 is 0. The van der Waals surface area contributed by atoms with Crippen molar-refractivity contribution in [2.24, 2.45) is 5.41 Å². The van der Waals surface area contributed by atoms with Gasteiger partial charge in [0.2, 0.25) is 5.91 Å². The van der Waals surface area contributed by atoms with E-state index in [-0.39, 0.29) is 17.8 Å². The number of carbonyl (C=O) groups is 2. The van der Waals surface area contributed by atoms with Gasteiger partial charge in [-0.05, 0) is 43.5 Å². The standard InChI is InChI=1S/C16H18FNO3/c1-16(15(20)21)10-2-3-13(16)18-14(19)9-6-11-4-7-12(17)8-5-11/h4-9,13H,2-3,10H2,1H3,(H,18,19)(H,20,21)/b9-6+. The van der Waals surface area contributed by atoms with E-state index in [9.17, 15) is 19.1 Å². The average Bonchev–Trinajstić information content (AvgIpc) is 2.81. The number of hydrogen-bond donors (Lipinski definition) is 2. The Labute approximate surface area is 122 Å². The van der Waals surface area contributed by atoms with Crippen LogP contribution in [0.2, 0.25) is 0 Å². The van der Waals surface area contributed by atoms with Crippen LogP contribution in [0.25, 0.3) is 6.08 Å². The summed E-state index contributed by atoms with van der Waals surface area (Å²) in [5.41, 5.74) is -0.196. The summed E-state index contributed by atoms with van der Waals surface area (Å²) in [5.74, 6) is -1.55. The normalized spacial score (nSPS) is 25.1. The van der Waals surface area contributed by atoms with Gasteiger partial charge >= 0.3 is 5.97 Å². The monoisotopic (exact) mass is 291 g/mol. The third kappa shape index (κ3) is 3.48. The van der Waals surface area contributed by atoms with E-state index in [1.807, 2.05) is 0 Å². The molecule has 2 atom stereocenters. The van der Waals surface area contributed by atoms with Crippen molar-refractivity contribution in [3.05, 3.63) is 41.7 Å². The van der Waals surface area contributed by atoms with Gasteiger partial charge in [-0.2, -0.15) is 0 Å². The minimum atomic E-state index is -0.903. The number of halogens is 1. The van der Waals surface area contributed by atoms with Crippen LogP contribution < -0.4 is 5.32 Å². The molecule has 21 heavy (non-hydrogen) atoms. The first-order valence-electron chi connectivity index (χ1n) is 6.89. The molecule has 0 spiro atoms. The van der Waals surface area contributed by atoms with Crippen molar-refractivity contribution >= 4 is 18.0 Å². The molecule has 1 aliphatic rings. The molecule has 1 aromatic carbocycles. The van der Waals surface area contributed by atoms with E-state index in [1.165, 1.54) is 18.2 Å². The molecular formula is C16H18FNO3. The molecule has 1 saturated carbocycles. The molecule has 112 valence electrons. The number of carbonyl (C=O) groups excluding carboxylic acids is 1. The van der Waals surface area contributed by atoms with Gasteiger partial charge in [-0.1, -0.05) is 18.6 Å². The number of nitrogens with one attached hydrogen (secondary N) is 1. The molecule has 2 rings (SSSR count). The fourth-order valence-electron chi connectivity index (χ4n) is 2.62. The lowest BCUT2D eigenvalue weighted by Gasteiger charge is -2.27. The van der Waals surface area contributed by atoms with Crippen LogP contribution in [0.15, 0.2) is 30.3 Å². The van der Waals surface area contributed by atoms with Crippen molar-refractivity contribution in [1.29, 1.82) is 0 Å². The van der Waals surface area contributed by atoms with Crippen molar-refractivity contribution in [3.63, 3.8) is 0 Å². The van der Waals surface area contributed by atoms with Gasteiger partial charge in [-0.3, -0.25) is 9.59 Å². The van der Waals surface area contributed by atoms with E-state index in [0.717, 1.165) is 6.42 Å². The number of benzene rings is 1.